The molecule has 0 aromatic carbocycles. The lowest BCUT2D eigenvalue weighted by Crippen LogP contribution is -2.45. The van der Waals surface area contributed by atoms with Gasteiger partial charge in [-0.3, -0.25) is 4.90 Å². The molecule has 3 heterocycles. The van der Waals surface area contributed by atoms with Gasteiger partial charge in [0.15, 0.2) is 0 Å². The molecule has 2 amide bonds. The van der Waals surface area contributed by atoms with Gasteiger partial charge in [0.2, 0.25) is 0 Å². The Morgan fingerprint density at radius 3 is 2.92 bits per heavy atom. The predicted molar refractivity (Wildman–Crippen MR) is 90.5 cm³/mol. The van der Waals surface area contributed by atoms with E-state index in [4.69, 9.17) is 4.42 Å². The summed E-state index contributed by atoms with van der Waals surface area (Å²) in [5, 5.41) is 5.94. The molecule has 2 aromatic heterocycles. The fraction of sp³-hybridized carbons (Fsp3) is 0.529. The number of carbonyl (C=O) groups excluding carboxylic acids is 1. The Bertz CT molecular complexity index is 605. The lowest BCUT2D eigenvalue weighted by atomic mass is 10.2. The maximum absolute atomic E-state index is 12.2. The Kier molecular flexibility index (Phi) is 5.53. The van der Waals surface area contributed by atoms with Crippen LogP contribution >= 0.6 is 0 Å². The molecule has 0 bridgehead atoms. The molecule has 7 heteroatoms. The predicted octanol–water partition coefficient (Wildman–Crippen LogP) is 2.00. The number of carbonyl (C=O) groups is 1. The van der Waals surface area contributed by atoms with E-state index >= 15 is 0 Å². The Hall–Kier alpha value is -2.28. The summed E-state index contributed by atoms with van der Waals surface area (Å²) >= 11 is 0. The molecule has 0 spiro atoms. The molecule has 3 rings (SSSR count). The van der Waals surface area contributed by atoms with E-state index < -0.39 is 0 Å². The average molecular weight is 331 g/mol. The van der Waals surface area contributed by atoms with Gasteiger partial charge in [0.05, 0.1) is 18.6 Å². The fourth-order valence-electron chi connectivity index (χ4n) is 3.16. The van der Waals surface area contributed by atoms with Gasteiger partial charge in [0.25, 0.3) is 0 Å². The highest BCUT2D eigenvalue weighted by atomic mass is 16.3. The summed E-state index contributed by atoms with van der Waals surface area (Å²) in [6.45, 7) is 5.31. The third-order valence-corrected chi connectivity index (χ3v) is 4.33. The molecule has 0 radical (unpaired) electrons. The van der Waals surface area contributed by atoms with Gasteiger partial charge in [0, 0.05) is 31.5 Å². The summed E-state index contributed by atoms with van der Waals surface area (Å²) in [6.07, 6.45) is 9.45. The number of imidazole rings is 1. The van der Waals surface area contributed by atoms with E-state index in [0.717, 1.165) is 18.8 Å². The van der Waals surface area contributed by atoms with Crippen molar-refractivity contribution in [3.8, 4) is 0 Å². The van der Waals surface area contributed by atoms with Crippen molar-refractivity contribution >= 4 is 6.03 Å². The topological polar surface area (TPSA) is 75.3 Å². The van der Waals surface area contributed by atoms with E-state index in [1.165, 1.54) is 12.8 Å². The van der Waals surface area contributed by atoms with E-state index in [0.29, 0.717) is 13.1 Å². The van der Waals surface area contributed by atoms with Gasteiger partial charge in [-0.25, -0.2) is 9.78 Å². The van der Waals surface area contributed by atoms with Crippen LogP contribution in [0.3, 0.4) is 0 Å². The molecule has 2 atom stereocenters. The Morgan fingerprint density at radius 2 is 2.25 bits per heavy atom. The van der Waals surface area contributed by atoms with Crippen molar-refractivity contribution in [2.75, 3.05) is 19.6 Å². The van der Waals surface area contributed by atoms with Crippen molar-refractivity contribution in [3.63, 3.8) is 0 Å². The second-order valence-electron chi connectivity index (χ2n) is 6.29. The molecule has 0 saturated carbocycles. The Balaban J connectivity index is 1.49. The monoisotopic (exact) mass is 331 g/mol. The second-order valence-corrected chi connectivity index (χ2v) is 6.29. The standard InChI is InChI=1S/C17H25N5O2/c1-14(12-21-9-6-18-13-21)20-17(23)19-11-15(16-5-4-10-24-16)22-7-2-3-8-22/h4-6,9-10,13-15H,2-3,7-8,11-12H2,1H3,(H2,19,20,23)/t14-,15+/m1/s1. The van der Waals surface area contributed by atoms with Gasteiger partial charge in [-0.1, -0.05) is 0 Å². The first-order valence-electron chi connectivity index (χ1n) is 8.50. The highest BCUT2D eigenvalue weighted by Crippen LogP contribution is 2.24. The summed E-state index contributed by atoms with van der Waals surface area (Å²) in [7, 11) is 0. The van der Waals surface area contributed by atoms with Crippen molar-refractivity contribution in [1.29, 1.82) is 0 Å². The normalized spacial score (nSPS) is 17.5. The zero-order valence-corrected chi connectivity index (χ0v) is 14.0. The maximum atomic E-state index is 12.2. The number of nitrogens with one attached hydrogen (secondary N) is 2. The minimum absolute atomic E-state index is 0.0213. The maximum Gasteiger partial charge on any atom is 0.315 e. The van der Waals surface area contributed by atoms with Gasteiger partial charge >= 0.3 is 6.03 Å². The molecular weight excluding hydrogens is 306 g/mol. The fourth-order valence-corrected chi connectivity index (χ4v) is 3.16. The van der Waals surface area contributed by atoms with Gasteiger partial charge in [-0.2, -0.15) is 0 Å². The van der Waals surface area contributed by atoms with Crippen LogP contribution in [0.4, 0.5) is 4.79 Å². The highest BCUT2D eigenvalue weighted by molar-refractivity contribution is 5.74. The Morgan fingerprint density at radius 1 is 1.42 bits per heavy atom. The molecule has 1 fully saturated rings. The van der Waals surface area contributed by atoms with E-state index in [1.54, 1.807) is 18.8 Å². The van der Waals surface area contributed by atoms with Crippen molar-refractivity contribution in [2.45, 2.75) is 38.4 Å². The summed E-state index contributed by atoms with van der Waals surface area (Å²) < 4.78 is 7.51. The summed E-state index contributed by atoms with van der Waals surface area (Å²) in [5.41, 5.74) is 0. The van der Waals surface area contributed by atoms with Crippen LogP contribution in [-0.2, 0) is 6.54 Å². The molecule has 2 aromatic rings. The first kappa shape index (κ1) is 16.6. The third kappa shape index (κ3) is 4.38. The van der Waals surface area contributed by atoms with E-state index in [-0.39, 0.29) is 18.1 Å². The number of furan rings is 1. The third-order valence-electron chi connectivity index (χ3n) is 4.33. The molecule has 130 valence electrons. The van der Waals surface area contributed by atoms with Crippen LogP contribution in [0.15, 0.2) is 41.5 Å². The lowest BCUT2D eigenvalue weighted by molar-refractivity contribution is 0.202. The first-order valence-corrected chi connectivity index (χ1v) is 8.50. The van der Waals surface area contributed by atoms with Crippen LogP contribution in [0.1, 0.15) is 31.6 Å². The number of hydrogen-bond donors (Lipinski definition) is 2. The quantitative estimate of drug-likeness (QED) is 0.814. The molecule has 1 saturated heterocycles. The number of likely N-dealkylation sites (tertiary alicyclic amines) is 1. The molecule has 7 nitrogen and oxygen atoms in total. The molecule has 0 aliphatic carbocycles. The van der Waals surface area contributed by atoms with E-state index in [9.17, 15) is 4.79 Å². The zero-order chi connectivity index (χ0) is 16.8. The van der Waals surface area contributed by atoms with Gasteiger partial charge in [-0.05, 0) is 45.0 Å². The van der Waals surface area contributed by atoms with Crippen molar-refractivity contribution in [3.05, 3.63) is 42.9 Å². The zero-order valence-electron chi connectivity index (χ0n) is 14.0. The number of aromatic nitrogens is 2. The molecule has 24 heavy (non-hydrogen) atoms. The van der Waals surface area contributed by atoms with E-state index in [2.05, 4.69) is 20.5 Å². The minimum Gasteiger partial charge on any atom is -0.468 e. The number of urea groups is 1. The van der Waals surface area contributed by atoms with Crippen LogP contribution in [0.2, 0.25) is 0 Å². The van der Waals surface area contributed by atoms with Crippen molar-refractivity contribution < 1.29 is 9.21 Å². The van der Waals surface area contributed by atoms with Gasteiger partial charge < -0.3 is 19.6 Å². The average Bonchev–Trinajstić information content (AvgIpc) is 3.31. The second kappa shape index (κ2) is 8.01. The van der Waals surface area contributed by atoms with E-state index in [1.807, 2.05) is 29.8 Å². The highest BCUT2D eigenvalue weighted by Gasteiger charge is 2.26. The van der Waals surface area contributed by atoms with Crippen LogP contribution < -0.4 is 10.6 Å². The van der Waals surface area contributed by atoms with Crippen molar-refractivity contribution in [2.24, 2.45) is 0 Å². The molecule has 1 aliphatic heterocycles. The smallest absolute Gasteiger partial charge is 0.315 e. The van der Waals surface area contributed by atoms with Crippen LogP contribution in [0.25, 0.3) is 0 Å². The SMILES string of the molecule is C[C@H](Cn1ccnc1)NC(=O)NC[C@@H](c1ccco1)N1CCCC1. The Labute approximate surface area is 142 Å². The molecule has 1 aliphatic rings. The minimum atomic E-state index is -0.154. The number of amides is 2. The summed E-state index contributed by atoms with van der Waals surface area (Å²) in [5.74, 6) is 0.906. The van der Waals surface area contributed by atoms with Crippen LogP contribution in [0, 0.1) is 0 Å². The summed E-state index contributed by atoms with van der Waals surface area (Å²) in [6, 6.07) is 3.83. The van der Waals surface area contributed by atoms with Gasteiger partial charge in [0.1, 0.15) is 5.76 Å². The molecular formula is C17H25N5O2. The summed E-state index contributed by atoms with van der Waals surface area (Å²) in [4.78, 5) is 18.5. The number of nitrogens with zero attached hydrogens (tertiary/aromatic N) is 3. The van der Waals surface area contributed by atoms with Crippen LogP contribution in [0.5, 0.6) is 0 Å². The first-order chi connectivity index (χ1) is 11.7. The van der Waals surface area contributed by atoms with Gasteiger partial charge in [-0.15, -0.1) is 0 Å². The molecule has 2 N–H and O–H groups in total. The lowest BCUT2D eigenvalue weighted by Gasteiger charge is -2.26. The largest absolute Gasteiger partial charge is 0.468 e. The van der Waals surface area contributed by atoms with Crippen molar-refractivity contribution in [1.82, 2.24) is 25.1 Å². The molecule has 0 unspecified atom stereocenters. The number of hydrogen-bond acceptors (Lipinski definition) is 4. The van der Waals surface area contributed by atoms with Crippen LogP contribution in [-0.4, -0.2) is 46.2 Å². The number of rotatable bonds is 7.